The number of hydrogen-bond donors (Lipinski definition) is 1. The molecule has 0 unspecified atom stereocenters. The SMILES string of the molecule is CCc1cn(-c2cc(NC(C#N)=C(C#N)C#N)ccc2C)nn1. The van der Waals surface area contributed by atoms with Crippen LogP contribution in [0.15, 0.2) is 35.7 Å². The number of benzene rings is 1. The molecule has 1 heterocycles. The Hall–Kier alpha value is -3.63. The number of anilines is 1. The van der Waals surface area contributed by atoms with Crippen LogP contribution in [0, 0.1) is 40.9 Å². The molecule has 7 heteroatoms. The van der Waals surface area contributed by atoms with E-state index >= 15 is 0 Å². The maximum absolute atomic E-state index is 9.10. The molecular formula is C16H13N7. The first-order chi connectivity index (χ1) is 11.1. The number of nitrogens with one attached hydrogen (secondary N) is 1. The van der Waals surface area contributed by atoms with Crippen molar-refractivity contribution in [2.45, 2.75) is 20.3 Å². The topological polar surface area (TPSA) is 114 Å². The molecule has 23 heavy (non-hydrogen) atoms. The van der Waals surface area contributed by atoms with Crippen LogP contribution in [0.4, 0.5) is 5.69 Å². The average Bonchev–Trinajstić information content (AvgIpc) is 3.05. The van der Waals surface area contributed by atoms with Gasteiger partial charge in [-0.2, -0.15) is 15.8 Å². The van der Waals surface area contributed by atoms with Gasteiger partial charge in [0.2, 0.25) is 0 Å². The Bertz CT molecular complexity index is 868. The van der Waals surface area contributed by atoms with Gasteiger partial charge in [-0.1, -0.05) is 18.2 Å². The molecule has 1 aromatic carbocycles. The van der Waals surface area contributed by atoms with Gasteiger partial charge in [0.15, 0.2) is 5.57 Å². The molecule has 0 aliphatic carbocycles. The first kappa shape index (κ1) is 15.8. The van der Waals surface area contributed by atoms with Crippen LogP contribution in [0.1, 0.15) is 18.2 Å². The maximum atomic E-state index is 9.10. The van der Waals surface area contributed by atoms with Gasteiger partial charge in [-0.05, 0) is 31.0 Å². The molecule has 0 saturated heterocycles. The lowest BCUT2D eigenvalue weighted by atomic mass is 10.1. The first-order valence-corrected chi connectivity index (χ1v) is 6.86. The molecule has 7 nitrogen and oxygen atoms in total. The normalized spacial score (nSPS) is 9.35. The second kappa shape index (κ2) is 6.89. The molecule has 0 radical (unpaired) electrons. The summed E-state index contributed by atoms with van der Waals surface area (Å²) in [6.07, 6.45) is 2.62. The maximum Gasteiger partial charge on any atom is 0.163 e. The second-order valence-electron chi connectivity index (χ2n) is 4.72. The van der Waals surface area contributed by atoms with Gasteiger partial charge in [0.1, 0.15) is 23.9 Å². The summed E-state index contributed by atoms with van der Waals surface area (Å²) in [5.41, 5.74) is 2.89. The number of hydrogen-bond acceptors (Lipinski definition) is 6. The van der Waals surface area contributed by atoms with Gasteiger partial charge in [-0.3, -0.25) is 0 Å². The largest absolute Gasteiger partial charge is 0.345 e. The molecule has 0 spiro atoms. The average molecular weight is 303 g/mol. The highest BCUT2D eigenvalue weighted by Crippen LogP contribution is 2.20. The highest BCUT2D eigenvalue weighted by atomic mass is 15.4. The fourth-order valence-electron chi connectivity index (χ4n) is 1.94. The van der Waals surface area contributed by atoms with Crippen LogP contribution in [0.25, 0.3) is 5.69 Å². The molecule has 0 atom stereocenters. The molecule has 2 rings (SSSR count). The highest BCUT2D eigenvalue weighted by Gasteiger charge is 2.09. The monoisotopic (exact) mass is 303 g/mol. The van der Waals surface area contributed by atoms with E-state index < -0.39 is 0 Å². The molecule has 112 valence electrons. The highest BCUT2D eigenvalue weighted by molar-refractivity contribution is 5.62. The summed E-state index contributed by atoms with van der Waals surface area (Å²) in [7, 11) is 0. The minimum absolute atomic E-state index is 0.0855. The summed E-state index contributed by atoms with van der Waals surface area (Å²) in [4.78, 5) is 0. The molecule has 0 aliphatic rings. The summed E-state index contributed by atoms with van der Waals surface area (Å²) in [6.45, 7) is 3.93. The summed E-state index contributed by atoms with van der Waals surface area (Å²) >= 11 is 0. The zero-order valence-corrected chi connectivity index (χ0v) is 12.7. The minimum atomic E-state index is -0.261. The van der Waals surface area contributed by atoms with Crippen molar-refractivity contribution in [1.29, 1.82) is 15.8 Å². The fraction of sp³-hybridized carbons (Fsp3) is 0.188. The Labute approximate surface area is 133 Å². The third-order valence-electron chi connectivity index (χ3n) is 3.21. The predicted octanol–water partition coefficient (Wildman–Crippen LogP) is 2.37. The second-order valence-corrected chi connectivity index (χ2v) is 4.72. The Balaban J connectivity index is 2.42. The molecule has 0 bridgehead atoms. The fourth-order valence-corrected chi connectivity index (χ4v) is 1.94. The van der Waals surface area contributed by atoms with Crippen LogP contribution in [0.3, 0.4) is 0 Å². The number of aryl methyl sites for hydroxylation is 2. The van der Waals surface area contributed by atoms with Gasteiger partial charge >= 0.3 is 0 Å². The number of allylic oxidation sites excluding steroid dienone is 2. The lowest BCUT2D eigenvalue weighted by Crippen LogP contribution is -2.03. The van der Waals surface area contributed by atoms with Gasteiger partial charge in [-0.25, -0.2) is 4.68 Å². The number of rotatable bonds is 4. The van der Waals surface area contributed by atoms with E-state index in [9.17, 15) is 0 Å². The Morgan fingerprint density at radius 2 is 1.96 bits per heavy atom. The van der Waals surface area contributed by atoms with Gasteiger partial charge in [-0.15, -0.1) is 5.10 Å². The molecule has 0 amide bonds. The Morgan fingerprint density at radius 1 is 1.22 bits per heavy atom. The molecular weight excluding hydrogens is 290 g/mol. The lowest BCUT2D eigenvalue weighted by molar-refractivity contribution is 0.794. The van der Waals surface area contributed by atoms with Crippen LogP contribution < -0.4 is 5.32 Å². The van der Waals surface area contributed by atoms with Crippen LogP contribution >= 0.6 is 0 Å². The van der Waals surface area contributed by atoms with E-state index in [1.165, 1.54) is 0 Å². The summed E-state index contributed by atoms with van der Waals surface area (Å²) < 4.78 is 1.66. The Kier molecular flexibility index (Phi) is 4.72. The summed E-state index contributed by atoms with van der Waals surface area (Å²) in [6, 6.07) is 10.6. The number of aromatic nitrogens is 3. The predicted molar refractivity (Wildman–Crippen MR) is 83.0 cm³/mol. The van der Waals surface area contributed by atoms with E-state index in [1.54, 1.807) is 29.0 Å². The van der Waals surface area contributed by atoms with Crippen molar-refractivity contribution in [3.05, 3.63) is 46.9 Å². The van der Waals surface area contributed by atoms with E-state index in [0.29, 0.717) is 5.69 Å². The van der Waals surface area contributed by atoms with E-state index in [4.69, 9.17) is 15.8 Å². The standard InChI is InChI=1S/C16H13N7/c1-3-13-10-23(22-21-13)16-6-14(5-4-11(16)2)20-15(9-19)12(7-17)8-18/h4-6,10,20H,3H2,1-2H3. The first-order valence-electron chi connectivity index (χ1n) is 6.86. The van der Waals surface area contributed by atoms with Crippen LogP contribution in [-0.4, -0.2) is 15.0 Å². The van der Waals surface area contributed by atoms with Gasteiger partial charge < -0.3 is 5.32 Å². The van der Waals surface area contributed by atoms with E-state index in [1.807, 2.05) is 32.2 Å². The quantitative estimate of drug-likeness (QED) is 0.867. The zero-order valence-electron chi connectivity index (χ0n) is 12.7. The van der Waals surface area contributed by atoms with Crippen molar-refractivity contribution in [2.24, 2.45) is 0 Å². The molecule has 2 aromatic rings. The number of nitrogens with zero attached hydrogens (tertiary/aromatic N) is 6. The van der Waals surface area contributed by atoms with Crippen molar-refractivity contribution in [2.75, 3.05) is 5.32 Å². The van der Waals surface area contributed by atoms with Crippen molar-refractivity contribution in [3.8, 4) is 23.9 Å². The van der Waals surface area contributed by atoms with Crippen LogP contribution in [-0.2, 0) is 6.42 Å². The zero-order chi connectivity index (χ0) is 16.8. The van der Waals surface area contributed by atoms with E-state index in [2.05, 4.69) is 15.6 Å². The van der Waals surface area contributed by atoms with E-state index in [0.717, 1.165) is 23.4 Å². The summed E-state index contributed by atoms with van der Waals surface area (Å²) in [5.74, 6) is 0. The van der Waals surface area contributed by atoms with Crippen molar-refractivity contribution < 1.29 is 0 Å². The molecule has 1 N–H and O–H groups in total. The van der Waals surface area contributed by atoms with Crippen molar-refractivity contribution in [1.82, 2.24) is 15.0 Å². The minimum Gasteiger partial charge on any atom is -0.345 e. The summed E-state index contributed by atoms with van der Waals surface area (Å²) in [5, 5.41) is 37.8. The smallest absolute Gasteiger partial charge is 0.163 e. The molecule has 0 aliphatic heterocycles. The third-order valence-corrected chi connectivity index (χ3v) is 3.21. The van der Waals surface area contributed by atoms with Crippen molar-refractivity contribution >= 4 is 5.69 Å². The lowest BCUT2D eigenvalue weighted by Gasteiger charge is -2.10. The van der Waals surface area contributed by atoms with Crippen LogP contribution in [0.5, 0.6) is 0 Å². The molecule has 0 fully saturated rings. The van der Waals surface area contributed by atoms with Gasteiger partial charge in [0.25, 0.3) is 0 Å². The Morgan fingerprint density at radius 3 is 2.52 bits per heavy atom. The van der Waals surface area contributed by atoms with Crippen molar-refractivity contribution in [3.63, 3.8) is 0 Å². The van der Waals surface area contributed by atoms with Crippen LogP contribution in [0.2, 0.25) is 0 Å². The third kappa shape index (κ3) is 3.34. The molecule has 0 saturated carbocycles. The van der Waals surface area contributed by atoms with Gasteiger partial charge in [0.05, 0.1) is 17.6 Å². The molecule has 1 aromatic heterocycles. The van der Waals surface area contributed by atoms with Gasteiger partial charge in [0, 0.05) is 5.69 Å². The van der Waals surface area contributed by atoms with E-state index in [-0.39, 0.29) is 11.3 Å². The number of nitriles is 3.